The molecule has 0 spiro atoms. The highest BCUT2D eigenvalue weighted by Crippen LogP contribution is 2.24. The SMILES string of the molecule is COC(=O)NC(=O)Cc1c(O)n(C)c(=O)c2ccccc12. The summed E-state index contributed by atoms with van der Waals surface area (Å²) in [5, 5.41) is 12.9. The number of carbonyl (C=O) groups is 2. The van der Waals surface area contributed by atoms with Crippen LogP contribution in [0.1, 0.15) is 5.56 Å². The highest BCUT2D eigenvalue weighted by atomic mass is 16.5. The third kappa shape index (κ3) is 2.71. The number of carbonyl (C=O) groups excluding carboxylic acids is 2. The number of benzene rings is 1. The summed E-state index contributed by atoms with van der Waals surface area (Å²) in [6, 6.07) is 6.64. The minimum Gasteiger partial charge on any atom is -0.494 e. The zero-order valence-corrected chi connectivity index (χ0v) is 11.5. The van der Waals surface area contributed by atoms with Crippen molar-refractivity contribution in [1.29, 1.82) is 0 Å². The topological polar surface area (TPSA) is 97.6 Å². The molecule has 0 aliphatic rings. The largest absolute Gasteiger partial charge is 0.494 e. The summed E-state index contributed by atoms with van der Waals surface area (Å²) in [6.45, 7) is 0. The number of methoxy groups -OCH3 is 1. The number of hydrogen-bond acceptors (Lipinski definition) is 5. The fraction of sp³-hybridized carbons (Fsp3) is 0.214. The number of fused-ring (bicyclic) bond motifs is 1. The van der Waals surface area contributed by atoms with Crippen LogP contribution in [0.25, 0.3) is 10.8 Å². The van der Waals surface area contributed by atoms with Gasteiger partial charge in [0.1, 0.15) is 0 Å². The summed E-state index contributed by atoms with van der Waals surface area (Å²) in [6.07, 6.45) is -1.14. The molecule has 7 nitrogen and oxygen atoms in total. The van der Waals surface area contributed by atoms with Crippen LogP contribution in [0.4, 0.5) is 4.79 Å². The molecule has 0 radical (unpaired) electrons. The molecular formula is C14H14N2O5. The Balaban J connectivity index is 2.51. The van der Waals surface area contributed by atoms with Gasteiger partial charge in [-0.3, -0.25) is 19.5 Å². The molecule has 0 fully saturated rings. The van der Waals surface area contributed by atoms with Crippen LogP contribution < -0.4 is 10.9 Å². The number of ether oxygens (including phenoxy) is 1. The molecule has 1 heterocycles. The van der Waals surface area contributed by atoms with E-state index in [1.807, 2.05) is 5.32 Å². The standard InChI is InChI=1S/C14H14N2O5/c1-16-12(18)9-6-4-3-5-8(9)10(13(16)19)7-11(17)15-14(20)21-2/h3-6,19H,7H2,1-2H3,(H,15,17,20). The van der Waals surface area contributed by atoms with Crippen LogP contribution in [0.5, 0.6) is 5.88 Å². The van der Waals surface area contributed by atoms with Gasteiger partial charge in [0.2, 0.25) is 5.91 Å². The van der Waals surface area contributed by atoms with Crippen LogP contribution in [0.3, 0.4) is 0 Å². The summed E-state index contributed by atoms with van der Waals surface area (Å²) in [4.78, 5) is 34.8. The molecule has 2 amide bonds. The number of imide groups is 1. The maximum absolute atomic E-state index is 12.0. The maximum Gasteiger partial charge on any atom is 0.413 e. The number of nitrogens with zero attached hydrogens (tertiary/aromatic N) is 1. The number of pyridine rings is 1. The third-order valence-corrected chi connectivity index (χ3v) is 3.14. The van der Waals surface area contributed by atoms with Crippen LogP contribution in [0.15, 0.2) is 29.1 Å². The number of aromatic nitrogens is 1. The smallest absolute Gasteiger partial charge is 0.413 e. The molecule has 0 unspecified atom stereocenters. The fourth-order valence-corrected chi connectivity index (χ4v) is 2.08. The lowest BCUT2D eigenvalue weighted by Crippen LogP contribution is -2.32. The molecule has 0 saturated carbocycles. The first kappa shape index (κ1) is 14.6. The van der Waals surface area contributed by atoms with Gasteiger partial charge in [-0.05, 0) is 11.5 Å². The quantitative estimate of drug-likeness (QED) is 0.847. The van der Waals surface area contributed by atoms with Crippen molar-refractivity contribution >= 4 is 22.8 Å². The van der Waals surface area contributed by atoms with Gasteiger partial charge in [-0.2, -0.15) is 0 Å². The molecule has 0 bridgehead atoms. The average molecular weight is 290 g/mol. The maximum atomic E-state index is 12.0. The van der Waals surface area contributed by atoms with Gasteiger partial charge < -0.3 is 9.84 Å². The average Bonchev–Trinajstić information content (AvgIpc) is 2.49. The first-order valence-corrected chi connectivity index (χ1v) is 6.13. The van der Waals surface area contributed by atoms with Gasteiger partial charge in [0, 0.05) is 18.0 Å². The van der Waals surface area contributed by atoms with E-state index >= 15 is 0 Å². The summed E-state index contributed by atoms with van der Waals surface area (Å²) >= 11 is 0. The number of aromatic hydroxyl groups is 1. The lowest BCUT2D eigenvalue weighted by Gasteiger charge is -2.12. The Labute approximate surface area is 119 Å². The van der Waals surface area contributed by atoms with Gasteiger partial charge in [0.15, 0.2) is 5.88 Å². The first-order chi connectivity index (χ1) is 9.95. The van der Waals surface area contributed by atoms with Crippen molar-refractivity contribution in [2.24, 2.45) is 7.05 Å². The normalized spacial score (nSPS) is 10.4. The summed E-state index contributed by atoms with van der Waals surface area (Å²) in [5.41, 5.74) is -0.0886. The van der Waals surface area contributed by atoms with E-state index in [-0.39, 0.29) is 23.4 Å². The van der Waals surface area contributed by atoms with Crippen molar-refractivity contribution in [2.45, 2.75) is 6.42 Å². The van der Waals surface area contributed by atoms with Crippen molar-refractivity contribution in [3.8, 4) is 5.88 Å². The lowest BCUT2D eigenvalue weighted by atomic mass is 10.0. The van der Waals surface area contributed by atoms with Gasteiger partial charge >= 0.3 is 6.09 Å². The molecule has 21 heavy (non-hydrogen) atoms. The molecule has 1 aromatic heterocycles. The Hall–Kier alpha value is -2.83. The molecule has 0 saturated heterocycles. The summed E-state index contributed by atoms with van der Waals surface area (Å²) in [7, 11) is 2.55. The van der Waals surface area contributed by atoms with Gasteiger partial charge in [0.25, 0.3) is 5.56 Å². The molecule has 2 aromatic rings. The van der Waals surface area contributed by atoms with Crippen molar-refractivity contribution in [1.82, 2.24) is 9.88 Å². The second-order valence-electron chi connectivity index (χ2n) is 4.43. The van der Waals surface area contributed by atoms with E-state index in [0.717, 1.165) is 11.7 Å². The van der Waals surface area contributed by atoms with E-state index in [9.17, 15) is 19.5 Å². The minimum absolute atomic E-state index is 0.254. The van der Waals surface area contributed by atoms with Crippen molar-refractivity contribution in [3.63, 3.8) is 0 Å². The molecule has 110 valence electrons. The van der Waals surface area contributed by atoms with Gasteiger partial charge in [-0.1, -0.05) is 18.2 Å². The Morgan fingerprint density at radius 2 is 1.90 bits per heavy atom. The molecule has 1 aromatic carbocycles. The molecule has 2 rings (SSSR count). The Morgan fingerprint density at radius 3 is 2.52 bits per heavy atom. The summed E-state index contributed by atoms with van der Waals surface area (Å²) < 4.78 is 5.39. The lowest BCUT2D eigenvalue weighted by molar-refractivity contribution is -0.119. The van der Waals surface area contributed by atoms with E-state index in [0.29, 0.717) is 10.8 Å². The van der Waals surface area contributed by atoms with Crippen LogP contribution in [0, 0.1) is 0 Å². The van der Waals surface area contributed by atoms with Gasteiger partial charge in [-0.15, -0.1) is 0 Å². The Kier molecular flexibility index (Phi) is 3.93. The molecular weight excluding hydrogens is 276 g/mol. The zero-order chi connectivity index (χ0) is 15.6. The predicted molar refractivity (Wildman–Crippen MR) is 75.1 cm³/mol. The number of hydrogen-bond donors (Lipinski definition) is 2. The van der Waals surface area contributed by atoms with Crippen molar-refractivity contribution in [2.75, 3.05) is 7.11 Å². The highest BCUT2D eigenvalue weighted by Gasteiger charge is 2.17. The Morgan fingerprint density at radius 1 is 1.29 bits per heavy atom. The Bertz CT molecular complexity index is 779. The fourth-order valence-electron chi connectivity index (χ4n) is 2.08. The van der Waals surface area contributed by atoms with E-state index in [1.165, 1.54) is 7.05 Å². The molecule has 7 heteroatoms. The van der Waals surface area contributed by atoms with Crippen LogP contribution in [-0.4, -0.2) is 28.8 Å². The zero-order valence-electron chi connectivity index (χ0n) is 11.5. The van der Waals surface area contributed by atoms with E-state index < -0.39 is 12.0 Å². The van der Waals surface area contributed by atoms with Crippen LogP contribution in [-0.2, 0) is 23.0 Å². The number of alkyl carbamates (subject to hydrolysis) is 1. The minimum atomic E-state index is -0.881. The van der Waals surface area contributed by atoms with Crippen molar-refractivity contribution in [3.05, 3.63) is 40.2 Å². The molecule has 0 atom stereocenters. The molecule has 2 N–H and O–H groups in total. The molecule has 0 aliphatic heterocycles. The van der Waals surface area contributed by atoms with Gasteiger partial charge in [-0.25, -0.2) is 4.79 Å². The van der Waals surface area contributed by atoms with E-state index in [2.05, 4.69) is 4.74 Å². The third-order valence-electron chi connectivity index (χ3n) is 3.14. The highest BCUT2D eigenvalue weighted by molar-refractivity contribution is 5.96. The second kappa shape index (κ2) is 5.66. The predicted octanol–water partition coefficient (Wildman–Crippen LogP) is 0.669. The van der Waals surface area contributed by atoms with Crippen LogP contribution in [0.2, 0.25) is 0 Å². The number of amides is 2. The number of nitrogens with one attached hydrogen (secondary N) is 1. The van der Waals surface area contributed by atoms with Gasteiger partial charge in [0.05, 0.1) is 13.5 Å². The van der Waals surface area contributed by atoms with Crippen LogP contribution >= 0.6 is 0 Å². The summed E-state index contributed by atoms with van der Waals surface area (Å²) in [5.74, 6) is -0.945. The van der Waals surface area contributed by atoms with Crippen molar-refractivity contribution < 1.29 is 19.4 Å². The molecule has 0 aliphatic carbocycles. The second-order valence-corrected chi connectivity index (χ2v) is 4.43. The first-order valence-electron chi connectivity index (χ1n) is 6.13. The monoisotopic (exact) mass is 290 g/mol. The van der Waals surface area contributed by atoms with E-state index in [4.69, 9.17) is 0 Å². The number of rotatable bonds is 2. The van der Waals surface area contributed by atoms with E-state index in [1.54, 1.807) is 24.3 Å².